The number of nitrogens with one attached hydrogen (secondary N) is 1. The Balaban J connectivity index is 1.13. The van der Waals surface area contributed by atoms with Crippen molar-refractivity contribution >= 4 is 17.6 Å². The predicted molar refractivity (Wildman–Crippen MR) is 160 cm³/mol. The number of hydrogen-bond acceptors (Lipinski definition) is 5. The highest BCUT2D eigenvalue weighted by Crippen LogP contribution is 2.32. The van der Waals surface area contributed by atoms with Crippen LogP contribution in [0, 0.1) is 11.7 Å². The predicted octanol–water partition coefficient (Wildman–Crippen LogP) is 8.66. The van der Waals surface area contributed by atoms with Crippen LogP contribution in [0.4, 0.5) is 10.1 Å². The minimum atomic E-state index is -0.164. The second-order valence-corrected chi connectivity index (χ2v) is 13.4. The fraction of sp³-hybridized carbons (Fsp3) is 0.515. The van der Waals surface area contributed by atoms with Crippen LogP contribution in [0.15, 0.2) is 53.7 Å². The molecule has 1 unspecified atom stereocenters. The van der Waals surface area contributed by atoms with E-state index in [1.54, 1.807) is 6.07 Å². The van der Waals surface area contributed by atoms with Gasteiger partial charge in [0.25, 0.3) is 0 Å². The quantitative estimate of drug-likeness (QED) is 0.272. The van der Waals surface area contributed by atoms with Crippen molar-refractivity contribution in [2.45, 2.75) is 102 Å². The van der Waals surface area contributed by atoms with Crippen LogP contribution in [0.25, 0.3) is 0 Å². The Kier molecular flexibility index (Phi) is 8.92. The Morgan fingerprint density at radius 3 is 2.54 bits per heavy atom. The Bertz CT molecular complexity index is 1250. The summed E-state index contributed by atoms with van der Waals surface area (Å²) < 4.78 is 18.0. The fourth-order valence-corrected chi connectivity index (χ4v) is 6.63. The number of halogens is 1. The molecule has 208 valence electrons. The number of hydrogen-bond donors (Lipinski definition) is 1. The van der Waals surface area contributed by atoms with E-state index in [1.807, 2.05) is 18.5 Å². The molecule has 4 nitrogen and oxygen atoms in total. The molecular weight excluding hydrogens is 503 g/mol. The summed E-state index contributed by atoms with van der Waals surface area (Å²) in [5, 5.41) is 0. The topological polar surface area (TPSA) is 41.1 Å². The lowest BCUT2D eigenvalue weighted by atomic mass is 9.95. The van der Waals surface area contributed by atoms with Crippen LogP contribution < -0.4 is 4.72 Å². The number of aryl methyl sites for hydroxylation is 1. The lowest BCUT2D eigenvalue weighted by molar-refractivity contribution is 0.191. The number of rotatable bonds is 9. The zero-order valence-corrected chi connectivity index (χ0v) is 24.8. The van der Waals surface area contributed by atoms with Gasteiger partial charge in [-0.15, -0.1) is 0 Å². The lowest BCUT2D eigenvalue weighted by Gasteiger charge is -2.34. The number of fused-ring (bicyclic) bond motifs is 1. The summed E-state index contributed by atoms with van der Waals surface area (Å²) in [4.78, 5) is 12.9. The van der Waals surface area contributed by atoms with Gasteiger partial charge in [-0.2, -0.15) is 0 Å². The van der Waals surface area contributed by atoms with Gasteiger partial charge in [0.1, 0.15) is 11.6 Å². The third-order valence-corrected chi connectivity index (χ3v) is 9.27. The van der Waals surface area contributed by atoms with Crippen molar-refractivity contribution in [3.8, 4) is 0 Å². The van der Waals surface area contributed by atoms with E-state index in [-0.39, 0.29) is 17.3 Å². The molecule has 6 heteroatoms. The first kappa shape index (κ1) is 28.1. The summed E-state index contributed by atoms with van der Waals surface area (Å²) in [6, 6.07) is 12.6. The summed E-state index contributed by atoms with van der Waals surface area (Å²) in [7, 11) is 0. The zero-order chi connectivity index (χ0) is 27.4. The van der Waals surface area contributed by atoms with Crippen LogP contribution in [0.5, 0.6) is 0 Å². The van der Waals surface area contributed by atoms with Crippen molar-refractivity contribution in [2.75, 3.05) is 11.3 Å². The summed E-state index contributed by atoms with van der Waals surface area (Å²) in [5.74, 6) is 1.62. The van der Waals surface area contributed by atoms with Crippen LogP contribution in [0.1, 0.15) is 100 Å². The van der Waals surface area contributed by atoms with Gasteiger partial charge in [0.05, 0.1) is 5.69 Å². The van der Waals surface area contributed by atoms with E-state index in [0.717, 1.165) is 60.1 Å². The first-order valence-corrected chi connectivity index (χ1v) is 15.5. The smallest absolute Gasteiger partial charge is 0.147 e. The number of aromatic nitrogens is 2. The van der Waals surface area contributed by atoms with E-state index < -0.39 is 0 Å². The Morgan fingerprint density at radius 1 is 1.05 bits per heavy atom. The van der Waals surface area contributed by atoms with E-state index in [4.69, 9.17) is 0 Å². The van der Waals surface area contributed by atoms with E-state index >= 15 is 0 Å². The van der Waals surface area contributed by atoms with E-state index in [9.17, 15) is 4.39 Å². The Morgan fingerprint density at radius 2 is 1.82 bits per heavy atom. The molecule has 1 aliphatic carbocycles. The molecule has 3 aromatic rings. The molecule has 5 rings (SSSR count). The van der Waals surface area contributed by atoms with Gasteiger partial charge in [0.15, 0.2) is 0 Å². The SMILES string of the molecule is CC(c1cnc(C(C)(C)C)nc1)N1CCc2cc(SNc3ccc(CCCC4CCCC4)cc3F)ccc2C1. The van der Waals surface area contributed by atoms with E-state index in [0.29, 0.717) is 5.69 Å². The molecule has 1 fully saturated rings. The van der Waals surface area contributed by atoms with Gasteiger partial charge in [-0.05, 0) is 85.0 Å². The van der Waals surface area contributed by atoms with E-state index in [2.05, 4.69) is 71.6 Å². The molecule has 1 atom stereocenters. The van der Waals surface area contributed by atoms with Crippen molar-refractivity contribution < 1.29 is 4.39 Å². The standard InChI is InChI=1S/C33H43FN4S/c1-23(28-20-35-32(36-21-28)33(2,3)4)38-17-16-26-19-29(14-13-27(26)22-38)39-37-31-15-12-25(18-30(31)34)11-7-10-24-8-5-6-9-24/h12-15,18-21,23-24,37H,5-11,16-17,22H2,1-4H3. The maximum Gasteiger partial charge on any atom is 0.147 e. The molecule has 2 aliphatic rings. The average Bonchev–Trinajstić information content (AvgIpc) is 3.45. The molecule has 0 radical (unpaired) electrons. The minimum Gasteiger partial charge on any atom is -0.323 e. The molecular formula is C33H43FN4S. The van der Waals surface area contributed by atoms with Gasteiger partial charge in [0.2, 0.25) is 0 Å². The summed E-state index contributed by atoms with van der Waals surface area (Å²) in [6.07, 6.45) is 13.9. The molecule has 1 aromatic heterocycles. The molecule has 2 aromatic carbocycles. The first-order chi connectivity index (χ1) is 18.8. The number of benzene rings is 2. The van der Waals surface area contributed by atoms with Gasteiger partial charge in [-0.1, -0.05) is 65.0 Å². The van der Waals surface area contributed by atoms with Crippen molar-refractivity contribution in [1.29, 1.82) is 0 Å². The van der Waals surface area contributed by atoms with Crippen molar-refractivity contribution in [3.63, 3.8) is 0 Å². The van der Waals surface area contributed by atoms with Crippen LogP contribution in [-0.4, -0.2) is 21.4 Å². The average molecular weight is 547 g/mol. The summed E-state index contributed by atoms with van der Waals surface area (Å²) in [5.41, 5.74) is 5.51. The van der Waals surface area contributed by atoms with E-state index in [1.165, 1.54) is 55.2 Å². The van der Waals surface area contributed by atoms with Crippen molar-refractivity contribution in [2.24, 2.45) is 5.92 Å². The normalized spacial score (nSPS) is 17.3. The van der Waals surface area contributed by atoms with Gasteiger partial charge < -0.3 is 4.72 Å². The largest absolute Gasteiger partial charge is 0.323 e. The van der Waals surface area contributed by atoms with Gasteiger partial charge in [0, 0.05) is 47.4 Å². The zero-order valence-electron chi connectivity index (χ0n) is 24.0. The van der Waals surface area contributed by atoms with Crippen LogP contribution in [0.3, 0.4) is 0 Å². The molecule has 1 aliphatic heterocycles. The molecule has 2 heterocycles. The van der Waals surface area contributed by atoms with Crippen LogP contribution >= 0.6 is 11.9 Å². The molecule has 1 N–H and O–H groups in total. The molecule has 0 bridgehead atoms. The second-order valence-electron chi connectivity index (χ2n) is 12.5. The third-order valence-electron chi connectivity index (χ3n) is 8.46. The Hall–Kier alpha value is -2.44. The minimum absolute atomic E-state index is 0.0418. The molecule has 39 heavy (non-hydrogen) atoms. The summed E-state index contributed by atoms with van der Waals surface area (Å²) in [6.45, 7) is 10.6. The molecule has 1 saturated carbocycles. The highest BCUT2D eigenvalue weighted by molar-refractivity contribution is 8.00. The van der Waals surface area contributed by atoms with Gasteiger partial charge in [-0.25, -0.2) is 14.4 Å². The maximum absolute atomic E-state index is 14.8. The second kappa shape index (κ2) is 12.4. The highest BCUT2D eigenvalue weighted by Gasteiger charge is 2.24. The highest BCUT2D eigenvalue weighted by atomic mass is 32.2. The van der Waals surface area contributed by atoms with Gasteiger partial charge >= 0.3 is 0 Å². The number of nitrogens with zero attached hydrogens (tertiary/aromatic N) is 3. The van der Waals surface area contributed by atoms with Crippen molar-refractivity contribution in [3.05, 3.63) is 82.7 Å². The molecule has 0 amide bonds. The first-order valence-electron chi connectivity index (χ1n) is 14.7. The Labute approximate surface area is 238 Å². The van der Waals surface area contributed by atoms with Crippen molar-refractivity contribution in [1.82, 2.24) is 14.9 Å². The fourth-order valence-electron chi connectivity index (χ4n) is 5.90. The van der Waals surface area contributed by atoms with Crippen LogP contribution in [-0.2, 0) is 24.8 Å². The van der Waals surface area contributed by atoms with Crippen LogP contribution in [0.2, 0.25) is 0 Å². The summed E-state index contributed by atoms with van der Waals surface area (Å²) >= 11 is 1.49. The monoisotopic (exact) mass is 546 g/mol. The maximum atomic E-state index is 14.8. The lowest BCUT2D eigenvalue weighted by Crippen LogP contribution is -2.33. The third kappa shape index (κ3) is 7.20. The molecule has 0 spiro atoms. The molecule has 0 saturated heterocycles. The van der Waals surface area contributed by atoms with Gasteiger partial charge in [-0.3, -0.25) is 4.90 Å². The number of anilines is 1.